The molecule has 2 aliphatic rings. The van der Waals surface area contributed by atoms with Crippen LogP contribution in [-0.4, -0.2) is 59.3 Å². The number of amides is 4. The molecule has 2 fully saturated rings. The quantitative estimate of drug-likeness (QED) is 0.669. The molecule has 1 saturated carbocycles. The van der Waals surface area contributed by atoms with Gasteiger partial charge in [-0.05, 0) is 31.2 Å². The van der Waals surface area contributed by atoms with Crippen LogP contribution in [0.2, 0.25) is 0 Å². The van der Waals surface area contributed by atoms with Gasteiger partial charge in [0.05, 0.1) is 5.41 Å². The fourth-order valence-corrected chi connectivity index (χ4v) is 4.10. The summed E-state index contributed by atoms with van der Waals surface area (Å²) in [7, 11) is 0. The number of carbonyl (C=O) groups excluding carboxylic acids is 4. The Kier molecular flexibility index (Phi) is 6.14. The summed E-state index contributed by atoms with van der Waals surface area (Å²) in [6.07, 6.45) is 3.44. The molecular weight excluding hydrogens is 379 g/mol. The monoisotopic (exact) mass is 404 g/mol. The first-order valence-corrected chi connectivity index (χ1v) is 9.71. The number of rotatable bonds is 6. The molecule has 9 heteroatoms. The van der Waals surface area contributed by atoms with Crippen LogP contribution in [0.25, 0.3) is 0 Å². The Morgan fingerprint density at radius 2 is 1.86 bits per heavy atom. The van der Waals surface area contributed by atoms with Gasteiger partial charge in [0.1, 0.15) is 12.6 Å². The van der Waals surface area contributed by atoms with Crippen LogP contribution in [0.1, 0.15) is 37.7 Å². The van der Waals surface area contributed by atoms with Crippen molar-refractivity contribution in [3.05, 3.63) is 35.9 Å². The van der Waals surface area contributed by atoms with E-state index in [0.717, 1.165) is 24.8 Å². The van der Waals surface area contributed by atoms with Gasteiger partial charge in [0, 0.05) is 6.54 Å². The van der Waals surface area contributed by atoms with Gasteiger partial charge < -0.3 is 10.6 Å². The van der Waals surface area contributed by atoms with E-state index in [9.17, 15) is 23.6 Å². The van der Waals surface area contributed by atoms with E-state index in [2.05, 4.69) is 5.43 Å². The zero-order chi connectivity index (χ0) is 21.0. The van der Waals surface area contributed by atoms with Crippen LogP contribution in [0.3, 0.4) is 0 Å². The van der Waals surface area contributed by atoms with Crippen molar-refractivity contribution < 1.29 is 23.6 Å². The van der Waals surface area contributed by atoms with Gasteiger partial charge in [-0.25, -0.2) is 9.40 Å². The van der Waals surface area contributed by atoms with E-state index in [4.69, 9.17) is 5.73 Å². The zero-order valence-corrected chi connectivity index (χ0v) is 16.1. The van der Waals surface area contributed by atoms with Gasteiger partial charge in [-0.3, -0.25) is 24.6 Å². The number of halogens is 1. The number of nitrogens with zero attached hydrogens (tertiary/aromatic N) is 2. The maximum absolute atomic E-state index is 13.4. The highest BCUT2D eigenvalue weighted by atomic mass is 19.1. The first-order chi connectivity index (χ1) is 13.9. The number of hydrogen-bond donors (Lipinski definition) is 2. The molecule has 1 atom stereocenters. The van der Waals surface area contributed by atoms with Crippen molar-refractivity contribution in [1.29, 1.82) is 0 Å². The molecular formula is C20H25FN4O4. The van der Waals surface area contributed by atoms with Crippen LogP contribution in [0.15, 0.2) is 30.3 Å². The summed E-state index contributed by atoms with van der Waals surface area (Å²) in [5.41, 5.74) is 7.63. The Labute approximate surface area is 168 Å². The van der Waals surface area contributed by atoms with Crippen LogP contribution in [0, 0.1) is 0 Å². The van der Waals surface area contributed by atoms with Gasteiger partial charge in [-0.1, -0.05) is 36.8 Å². The lowest BCUT2D eigenvalue weighted by atomic mass is 9.63. The zero-order valence-electron chi connectivity index (χ0n) is 16.1. The first-order valence-electron chi connectivity index (χ1n) is 9.71. The maximum atomic E-state index is 13.4. The number of likely N-dealkylation sites (tertiary alicyclic amines) is 1. The molecule has 3 rings (SSSR count). The van der Waals surface area contributed by atoms with E-state index in [-0.39, 0.29) is 5.91 Å². The molecule has 8 nitrogen and oxygen atoms in total. The Hall–Kier alpha value is -2.97. The second kappa shape index (κ2) is 8.59. The molecule has 1 heterocycles. The maximum Gasteiger partial charge on any atom is 0.272 e. The minimum Gasteiger partial charge on any atom is -0.368 e. The minimum absolute atomic E-state index is 0.106. The Morgan fingerprint density at radius 1 is 1.17 bits per heavy atom. The lowest BCUT2D eigenvalue weighted by Crippen LogP contribution is -2.58. The molecule has 0 bridgehead atoms. The summed E-state index contributed by atoms with van der Waals surface area (Å²) >= 11 is 0. The van der Waals surface area contributed by atoms with Gasteiger partial charge in [-0.2, -0.15) is 0 Å². The number of primary amides is 1. The number of hydrazine groups is 1. The summed E-state index contributed by atoms with van der Waals surface area (Å²) in [6, 6.07) is 8.74. The topological polar surface area (TPSA) is 113 Å². The van der Waals surface area contributed by atoms with Crippen molar-refractivity contribution in [2.24, 2.45) is 5.73 Å². The molecule has 1 aliphatic carbocycles. The van der Waals surface area contributed by atoms with E-state index >= 15 is 0 Å². The van der Waals surface area contributed by atoms with E-state index in [1.807, 2.05) is 30.3 Å². The fourth-order valence-electron chi connectivity index (χ4n) is 4.10. The fraction of sp³-hybridized carbons (Fsp3) is 0.500. The second-order valence-corrected chi connectivity index (χ2v) is 7.51. The molecule has 1 aromatic rings. The molecule has 3 N–H and O–H groups in total. The molecule has 0 spiro atoms. The highest BCUT2D eigenvalue weighted by Gasteiger charge is 2.50. The Morgan fingerprint density at radius 3 is 2.41 bits per heavy atom. The molecule has 4 amide bonds. The molecule has 0 radical (unpaired) electrons. The summed E-state index contributed by atoms with van der Waals surface area (Å²) < 4.78 is 12.8. The number of benzene rings is 1. The molecule has 0 aromatic heterocycles. The van der Waals surface area contributed by atoms with E-state index in [0.29, 0.717) is 24.4 Å². The van der Waals surface area contributed by atoms with Crippen molar-refractivity contribution in [3.8, 4) is 0 Å². The Balaban J connectivity index is 1.76. The highest BCUT2D eigenvalue weighted by Crippen LogP contribution is 2.46. The minimum atomic E-state index is -1.38. The summed E-state index contributed by atoms with van der Waals surface area (Å²) in [4.78, 5) is 50.6. The first kappa shape index (κ1) is 20.8. The normalized spacial score (nSPS) is 19.9. The van der Waals surface area contributed by atoms with Crippen LogP contribution in [0.5, 0.6) is 0 Å². The smallest absolute Gasteiger partial charge is 0.272 e. The van der Waals surface area contributed by atoms with Gasteiger partial charge in [-0.15, -0.1) is 0 Å². The highest BCUT2D eigenvalue weighted by molar-refractivity contribution is 5.95. The molecule has 1 aromatic carbocycles. The summed E-state index contributed by atoms with van der Waals surface area (Å²) in [6.45, 7) is -1.58. The number of nitrogens with one attached hydrogen (secondary N) is 1. The molecule has 156 valence electrons. The lowest BCUT2D eigenvalue weighted by molar-refractivity contribution is -0.150. The Bertz CT molecular complexity index is 797. The second-order valence-electron chi connectivity index (χ2n) is 7.51. The standard InChI is InChI=1S/C20H25FN4O4/c21-12-17(27)25(13-16(22)26)23-18(28)15-8-4-11-24(15)19(29)20(9-5-10-20)14-6-2-1-3-7-14/h1-3,6-7,15H,4-5,8-13H2,(H2,22,26)(H,23,28)/t15-/m0/s1. The summed E-state index contributed by atoms with van der Waals surface area (Å²) in [5, 5.41) is 0.571. The number of alkyl halides is 1. The molecule has 0 unspecified atom stereocenters. The van der Waals surface area contributed by atoms with E-state index < -0.39 is 42.4 Å². The van der Waals surface area contributed by atoms with Crippen LogP contribution in [0.4, 0.5) is 4.39 Å². The van der Waals surface area contributed by atoms with Crippen LogP contribution in [-0.2, 0) is 24.6 Å². The van der Waals surface area contributed by atoms with Crippen molar-refractivity contribution in [3.63, 3.8) is 0 Å². The third kappa shape index (κ3) is 4.08. The van der Waals surface area contributed by atoms with Gasteiger partial charge in [0.15, 0.2) is 6.67 Å². The summed E-state index contributed by atoms with van der Waals surface area (Å²) in [5.74, 6) is -2.69. The van der Waals surface area contributed by atoms with E-state index in [1.165, 1.54) is 0 Å². The SMILES string of the molecule is NC(=O)CN(NC(=O)[C@@H]1CCCN1C(=O)C1(c2ccccc2)CCC1)C(=O)CF. The average Bonchev–Trinajstić information content (AvgIpc) is 3.16. The lowest BCUT2D eigenvalue weighted by Gasteiger charge is -2.44. The molecule has 1 aliphatic heterocycles. The predicted molar refractivity (Wildman–Crippen MR) is 102 cm³/mol. The third-order valence-electron chi connectivity index (χ3n) is 5.73. The van der Waals surface area contributed by atoms with Crippen molar-refractivity contribution in [2.75, 3.05) is 19.8 Å². The average molecular weight is 404 g/mol. The number of carbonyl (C=O) groups is 4. The van der Waals surface area contributed by atoms with Crippen LogP contribution < -0.4 is 11.2 Å². The van der Waals surface area contributed by atoms with Gasteiger partial charge in [0.2, 0.25) is 11.8 Å². The van der Waals surface area contributed by atoms with Crippen LogP contribution >= 0.6 is 0 Å². The van der Waals surface area contributed by atoms with Gasteiger partial charge >= 0.3 is 0 Å². The van der Waals surface area contributed by atoms with Crippen molar-refractivity contribution >= 4 is 23.6 Å². The van der Waals surface area contributed by atoms with Crippen molar-refractivity contribution in [2.45, 2.75) is 43.6 Å². The molecule has 1 saturated heterocycles. The van der Waals surface area contributed by atoms with Crippen molar-refractivity contribution in [1.82, 2.24) is 15.3 Å². The van der Waals surface area contributed by atoms with E-state index in [1.54, 1.807) is 4.90 Å². The third-order valence-corrected chi connectivity index (χ3v) is 5.73. The molecule has 29 heavy (non-hydrogen) atoms. The number of nitrogens with two attached hydrogens (primary N) is 1. The predicted octanol–water partition coefficient (Wildman–Crippen LogP) is 0.414. The largest absolute Gasteiger partial charge is 0.368 e. The number of hydrogen-bond acceptors (Lipinski definition) is 4. The van der Waals surface area contributed by atoms with Gasteiger partial charge in [0.25, 0.3) is 11.8 Å².